The van der Waals surface area contributed by atoms with E-state index >= 15 is 0 Å². The third kappa shape index (κ3) is 2.86. The molecule has 3 rings (SSSR count). The van der Waals surface area contributed by atoms with E-state index in [0.29, 0.717) is 27.7 Å². The van der Waals surface area contributed by atoms with Crippen LogP contribution in [0.25, 0.3) is 10.9 Å². The normalized spacial score (nSPS) is 11.9. The van der Waals surface area contributed by atoms with Gasteiger partial charge >= 0.3 is 0 Å². The number of aryl methyl sites for hydroxylation is 1. The van der Waals surface area contributed by atoms with Crippen LogP contribution in [0.2, 0.25) is 0 Å². The first-order chi connectivity index (χ1) is 11.5. The molecule has 5 heteroatoms. The molecule has 1 unspecified atom stereocenters. The van der Waals surface area contributed by atoms with Crippen LogP contribution in [0, 0.1) is 24.1 Å². The number of hydrogen-bond donors (Lipinski definition) is 2. The number of fused-ring (bicyclic) bond motifs is 1. The maximum atomic E-state index is 13.9. The highest BCUT2D eigenvalue weighted by Gasteiger charge is 2.15. The molecule has 4 nitrogen and oxygen atoms in total. The molecule has 0 saturated heterocycles. The Balaban J connectivity index is 2.12. The minimum atomic E-state index is -0.370. The van der Waals surface area contributed by atoms with Gasteiger partial charge in [-0.1, -0.05) is 12.1 Å². The standard InChI is InChI=1S/C19H16FN3O/c1-11-6-15(20)8-17-18(11)22-10-14(9-21)19(17)23-12(2)13-4-3-5-16(24)7-13/h3-8,10,12,24H,1-2H3,(H,22,23). The van der Waals surface area contributed by atoms with Crippen LogP contribution in [0.15, 0.2) is 42.6 Å². The Kier molecular flexibility index (Phi) is 4.05. The number of nitriles is 1. The highest BCUT2D eigenvalue weighted by molar-refractivity contribution is 5.95. The van der Waals surface area contributed by atoms with Crippen molar-refractivity contribution in [1.82, 2.24) is 4.98 Å². The lowest BCUT2D eigenvalue weighted by atomic mass is 10.0. The van der Waals surface area contributed by atoms with Crippen molar-refractivity contribution in [3.05, 3.63) is 65.1 Å². The first-order valence-corrected chi connectivity index (χ1v) is 7.54. The fourth-order valence-corrected chi connectivity index (χ4v) is 2.77. The summed E-state index contributed by atoms with van der Waals surface area (Å²) in [6, 6.07) is 11.6. The van der Waals surface area contributed by atoms with Gasteiger partial charge in [-0.05, 0) is 49.2 Å². The molecule has 0 amide bonds. The van der Waals surface area contributed by atoms with Crippen molar-refractivity contribution in [3.63, 3.8) is 0 Å². The number of benzene rings is 2. The SMILES string of the molecule is Cc1cc(F)cc2c(NC(C)c3cccc(O)c3)c(C#N)cnc12. The largest absolute Gasteiger partial charge is 0.508 e. The highest BCUT2D eigenvalue weighted by Crippen LogP contribution is 2.31. The fraction of sp³-hybridized carbons (Fsp3) is 0.158. The van der Waals surface area contributed by atoms with Gasteiger partial charge in [0.2, 0.25) is 0 Å². The van der Waals surface area contributed by atoms with Crippen LogP contribution in [0.3, 0.4) is 0 Å². The van der Waals surface area contributed by atoms with Gasteiger partial charge in [-0.2, -0.15) is 5.26 Å². The van der Waals surface area contributed by atoms with Gasteiger partial charge in [0.15, 0.2) is 0 Å². The molecule has 0 saturated carbocycles. The lowest BCUT2D eigenvalue weighted by Crippen LogP contribution is -2.09. The first kappa shape index (κ1) is 15.8. The molecule has 1 heterocycles. The van der Waals surface area contributed by atoms with Gasteiger partial charge in [0.1, 0.15) is 17.6 Å². The number of phenols is 1. The van der Waals surface area contributed by atoms with Gasteiger partial charge < -0.3 is 10.4 Å². The molecule has 0 radical (unpaired) electrons. The number of phenolic OH excluding ortho intramolecular Hbond substituents is 1. The number of anilines is 1. The van der Waals surface area contributed by atoms with Gasteiger partial charge in [0.05, 0.1) is 16.8 Å². The van der Waals surface area contributed by atoms with Gasteiger partial charge in [0, 0.05) is 17.6 Å². The van der Waals surface area contributed by atoms with Gasteiger partial charge in [-0.3, -0.25) is 4.98 Å². The van der Waals surface area contributed by atoms with E-state index in [0.717, 1.165) is 5.56 Å². The molecule has 2 aromatic carbocycles. The van der Waals surface area contributed by atoms with E-state index in [1.165, 1.54) is 18.3 Å². The summed E-state index contributed by atoms with van der Waals surface area (Å²) >= 11 is 0. The Labute approximate surface area is 139 Å². The number of halogens is 1. The van der Waals surface area contributed by atoms with Gasteiger partial charge in [-0.15, -0.1) is 0 Å². The van der Waals surface area contributed by atoms with Crippen molar-refractivity contribution in [3.8, 4) is 11.8 Å². The van der Waals surface area contributed by atoms with Crippen LogP contribution in [-0.2, 0) is 0 Å². The summed E-state index contributed by atoms with van der Waals surface area (Å²) in [4.78, 5) is 4.28. The molecular weight excluding hydrogens is 305 g/mol. The van der Waals surface area contributed by atoms with Gasteiger partial charge in [-0.25, -0.2) is 4.39 Å². The second kappa shape index (κ2) is 6.17. The maximum absolute atomic E-state index is 13.9. The van der Waals surface area contributed by atoms with Crippen LogP contribution in [0.1, 0.15) is 29.7 Å². The van der Waals surface area contributed by atoms with Crippen molar-refractivity contribution in [2.24, 2.45) is 0 Å². The predicted molar refractivity (Wildman–Crippen MR) is 91.3 cm³/mol. The van der Waals surface area contributed by atoms with E-state index in [2.05, 4.69) is 16.4 Å². The zero-order valence-corrected chi connectivity index (χ0v) is 13.3. The smallest absolute Gasteiger partial charge is 0.124 e. The maximum Gasteiger partial charge on any atom is 0.124 e. The predicted octanol–water partition coefficient (Wildman–Crippen LogP) is 4.43. The lowest BCUT2D eigenvalue weighted by molar-refractivity contribution is 0.474. The molecule has 3 aromatic rings. The molecule has 0 aliphatic rings. The number of pyridine rings is 1. The van der Waals surface area contributed by atoms with Gasteiger partial charge in [0.25, 0.3) is 0 Å². The Morgan fingerprint density at radius 1 is 1.29 bits per heavy atom. The van der Waals surface area contributed by atoms with Crippen molar-refractivity contribution >= 4 is 16.6 Å². The van der Waals surface area contributed by atoms with Crippen molar-refractivity contribution in [2.75, 3.05) is 5.32 Å². The van der Waals surface area contributed by atoms with Crippen LogP contribution < -0.4 is 5.32 Å². The lowest BCUT2D eigenvalue weighted by Gasteiger charge is -2.19. The Hall–Kier alpha value is -3.13. The Morgan fingerprint density at radius 3 is 2.79 bits per heavy atom. The quantitative estimate of drug-likeness (QED) is 0.748. The molecule has 0 bridgehead atoms. The Morgan fingerprint density at radius 2 is 2.08 bits per heavy atom. The van der Waals surface area contributed by atoms with E-state index in [1.54, 1.807) is 25.1 Å². The molecule has 0 aliphatic carbocycles. The third-order valence-corrected chi connectivity index (χ3v) is 3.98. The van der Waals surface area contributed by atoms with Crippen LogP contribution >= 0.6 is 0 Å². The second-order valence-corrected chi connectivity index (χ2v) is 5.74. The van der Waals surface area contributed by atoms with E-state index < -0.39 is 0 Å². The zero-order valence-electron chi connectivity index (χ0n) is 13.3. The van der Waals surface area contributed by atoms with Crippen molar-refractivity contribution < 1.29 is 9.50 Å². The molecule has 2 N–H and O–H groups in total. The number of rotatable bonds is 3. The molecular formula is C19H16FN3O. The molecule has 24 heavy (non-hydrogen) atoms. The van der Waals surface area contributed by atoms with E-state index in [1.807, 2.05) is 13.0 Å². The fourth-order valence-electron chi connectivity index (χ4n) is 2.77. The monoisotopic (exact) mass is 321 g/mol. The number of nitrogens with one attached hydrogen (secondary N) is 1. The van der Waals surface area contributed by atoms with Crippen molar-refractivity contribution in [2.45, 2.75) is 19.9 Å². The summed E-state index contributed by atoms with van der Waals surface area (Å²) < 4.78 is 13.9. The molecule has 0 fully saturated rings. The number of aromatic nitrogens is 1. The minimum Gasteiger partial charge on any atom is -0.508 e. The molecule has 120 valence electrons. The summed E-state index contributed by atoms with van der Waals surface area (Å²) in [7, 11) is 0. The number of nitrogens with zero attached hydrogens (tertiary/aromatic N) is 2. The summed E-state index contributed by atoms with van der Waals surface area (Å²) in [6.07, 6.45) is 1.49. The summed E-state index contributed by atoms with van der Waals surface area (Å²) in [5, 5.41) is 22.8. The summed E-state index contributed by atoms with van der Waals surface area (Å²) in [5.74, 6) is -0.201. The van der Waals surface area contributed by atoms with E-state index in [9.17, 15) is 14.8 Å². The van der Waals surface area contributed by atoms with Crippen LogP contribution in [-0.4, -0.2) is 10.1 Å². The van der Waals surface area contributed by atoms with Crippen LogP contribution in [0.5, 0.6) is 5.75 Å². The van der Waals surface area contributed by atoms with Crippen molar-refractivity contribution in [1.29, 1.82) is 5.26 Å². The van der Waals surface area contributed by atoms with E-state index in [4.69, 9.17) is 0 Å². The average molecular weight is 321 g/mol. The minimum absolute atomic E-state index is 0.170. The summed E-state index contributed by atoms with van der Waals surface area (Å²) in [6.45, 7) is 3.70. The molecule has 1 atom stereocenters. The first-order valence-electron chi connectivity index (χ1n) is 7.54. The topological polar surface area (TPSA) is 68.9 Å². The van der Waals surface area contributed by atoms with E-state index in [-0.39, 0.29) is 17.6 Å². The molecule has 0 aliphatic heterocycles. The second-order valence-electron chi connectivity index (χ2n) is 5.74. The number of aromatic hydroxyl groups is 1. The molecule has 0 spiro atoms. The molecule has 1 aromatic heterocycles. The highest BCUT2D eigenvalue weighted by atomic mass is 19.1. The summed E-state index contributed by atoms with van der Waals surface area (Å²) in [5.41, 5.74) is 3.11. The Bertz CT molecular complexity index is 963. The average Bonchev–Trinajstić information content (AvgIpc) is 2.55. The zero-order chi connectivity index (χ0) is 17.3. The number of hydrogen-bond acceptors (Lipinski definition) is 4. The van der Waals surface area contributed by atoms with Crippen LogP contribution in [0.4, 0.5) is 10.1 Å². The third-order valence-electron chi connectivity index (χ3n) is 3.98.